The van der Waals surface area contributed by atoms with Gasteiger partial charge in [0.1, 0.15) is 0 Å². The SMILES string of the molecule is CC(CCCNC(=O)Cc1ccc2c(c1)CCC2)C(=O)O. The third-order valence-corrected chi connectivity index (χ3v) is 4.09. The number of benzene rings is 1. The summed E-state index contributed by atoms with van der Waals surface area (Å²) in [6.07, 6.45) is 5.19. The molecule has 0 aliphatic heterocycles. The first kappa shape index (κ1) is 15.5. The summed E-state index contributed by atoms with van der Waals surface area (Å²) in [5.41, 5.74) is 3.87. The molecule has 114 valence electrons. The van der Waals surface area contributed by atoms with Gasteiger partial charge in [-0.3, -0.25) is 9.59 Å². The summed E-state index contributed by atoms with van der Waals surface area (Å²) in [6, 6.07) is 6.32. The maximum atomic E-state index is 11.9. The zero-order valence-corrected chi connectivity index (χ0v) is 12.5. The van der Waals surface area contributed by atoms with E-state index in [1.807, 2.05) is 6.07 Å². The number of aliphatic carboxylic acids is 1. The number of aryl methyl sites for hydroxylation is 2. The number of hydrogen-bond donors (Lipinski definition) is 2. The number of carbonyl (C=O) groups is 2. The smallest absolute Gasteiger partial charge is 0.306 e. The van der Waals surface area contributed by atoms with Gasteiger partial charge in [-0.25, -0.2) is 0 Å². The molecule has 0 saturated carbocycles. The van der Waals surface area contributed by atoms with E-state index in [2.05, 4.69) is 17.4 Å². The van der Waals surface area contributed by atoms with Crippen molar-refractivity contribution in [3.8, 4) is 0 Å². The van der Waals surface area contributed by atoms with E-state index in [9.17, 15) is 9.59 Å². The number of rotatable bonds is 7. The van der Waals surface area contributed by atoms with Gasteiger partial charge in [0.05, 0.1) is 12.3 Å². The summed E-state index contributed by atoms with van der Waals surface area (Å²) in [5, 5.41) is 11.6. The normalized spacial score (nSPS) is 14.5. The predicted octanol–water partition coefficient (Wildman–Crippen LogP) is 2.33. The monoisotopic (exact) mass is 289 g/mol. The number of carbonyl (C=O) groups excluding carboxylic acids is 1. The molecule has 2 rings (SSSR count). The van der Waals surface area contributed by atoms with Gasteiger partial charge in [0.15, 0.2) is 0 Å². The summed E-state index contributed by atoms with van der Waals surface area (Å²) in [7, 11) is 0. The first-order valence-corrected chi connectivity index (χ1v) is 7.66. The molecule has 1 atom stereocenters. The molecule has 4 heteroatoms. The third kappa shape index (κ3) is 4.59. The molecule has 0 heterocycles. The molecule has 21 heavy (non-hydrogen) atoms. The van der Waals surface area contributed by atoms with Crippen LogP contribution >= 0.6 is 0 Å². The van der Waals surface area contributed by atoms with Gasteiger partial charge in [-0.1, -0.05) is 25.1 Å². The second kappa shape index (κ2) is 7.25. The van der Waals surface area contributed by atoms with Crippen LogP contribution in [0.25, 0.3) is 0 Å². The summed E-state index contributed by atoms with van der Waals surface area (Å²) >= 11 is 0. The molecule has 0 radical (unpaired) electrons. The van der Waals surface area contributed by atoms with Crippen molar-refractivity contribution < 1.29 is 14.7 Å². The number of amides is 1. The number of fused-ring (bicyclic) bond motifs is 1. The number of nitrogens with one attached hydrogen (secondary N) is 1. The van der Waals surface area contributed by atoms with Gasteiger partial charge in [-0.2, -0.15) is 0 Å². The van der Waals surface area contributed by atoms with Gasteiger partial charge in [-0.05, 0) is 48.8 Å². The lowest BCUT2D eigenvalue weighted by atomic mass is 10.0. The van der Waals surface area contributed by atoms with Gasteiger partial charge < -0.3 is 10.4 Å². The summed E-state index contributed by atoms with van der Waals surface area (Å²) in [5.74, 6) is -1.12. The van der Waals surface area contributed by atoms with Gasteiger partial charge in [-0.15, -0.1) is 0 Å². The Hall–Kier alpha value is -1.84. The Kier molecular flexibility index (Phi) is 5.37. The van der Waals surface area contributed by atoms with Gasteiger partial charge in [0, 0.05) is 6.54 Å². The molecular formula is C17H23NO3. The Morgan fingerprint density at radius 1 is 1.29 bits per heavy atom. The highest BCUT2D eigenvalue weighted by Gasteiger charge is 2.13. The van der Waals surface area contributed by atoms with Crippen LogP contribution in [0, 0.1) is 5.92 Å². The Labute approximate surface area is 125 Å². The lowest BCUT2D eigenvalue weighted by Crippen LogP contribution is -2.26. The summed E-state index contributed by atoms with van der Waals surface area (Å²) in [6.45, 7) is 2.23. The minimum Gasteiger partial charge on any atom is -0.481 e. The van der Waals surface area contributed by atoms with Gasteiger partial charge in [0.25, 0.3) is 0 Å². The Morgan fingerprint density at radius 3 is 2.81 bits per heavy atom. The Morgan fingerprint density at radius 2 is 2.05 bits per heavy atom. The molecule has 0 aromatic heterocycles. The molecule has 0 fully saturated rings. The largest absolute Gasteiger partial charge is 0.481 e. The highest BCUT2D eigenvalue weighted by Crippen LogP contribution is 2.22. The van der Waals surface area contributed by atoms with Crippen molar-refractivity contribution in [2.75, 3.05) is 6.54 Å². The van der Waals surface area contributed by atoms with E-state index in [0.717, 1.165) is 18.4 Å². The molecule has 0 spiro atoms. The van der Waals surface area contributed by atoms with E-state index < -0.39 is 5.97 Å². The molecular weight excluding hydrogens is 266 g/mol. The van der Waals surface area contributed by atoms with E-state index in [1.54, 1.807) is 6.92 Å². The highest BCUT2D eigenvalue weighted by molar-refractivity contribution is 5.78. The molecule has 1 aromatic rings. The fourth-order valence-corrected chi connectivity index (χ4v) is 2.74. The number of carboxylic acids is 1. The lowest BCUT2D eigenvalue weighted by molar-refractivity contribution is -0.141. The van der Waals surface area contributed by atoms with E-state index in [-0.39, 0.29) is 11.8 Å². The van der Waals surface area contributed by atoms with Gasteiger partial charge in [0.2, 0.25) is 5.91 Å². The molecule has 1 aromatic carbocycles. The maximum Gasteiger partial charge on any atom is 0.306 e. The molecule has 1 aliphatic rings. The van der Waals surface area contributed by atoms with Crippen molar-refractivity contribution in [1.82, 2.24) is 5.32 Å². The quantitative estimate of drug-likeness (QED) is 0.757. The van der Waals surface area contributed by atoms with Crippen LogP contribution in [0.3, 0.4) is 0 Å². The minimum atomic E-state index is -0.778. The first-order valence-electron chi connectivity index (χ1n) is 7.66. The molecule has 0 bridgehead atoms. The van der Waals surface area contributed by atoms with E-state index in [0.29, 0.717) is 25.8 Å². The fourth-order valence-electron chi connectivity index (χ4n) is 2.74. The molecule has 1 aliphatic carbocycles. The first-order chi connectivity index (χ1) is 10.1. The van der Waals surface area contributed by atoms with Crippen molar-refractivity contribution in [2.24, 2.45) is 5.92 Å². The predicted molar refractivity (Wildman–Crippen MR) is 81.2 cm³/mol. The fraction of sp³-hybridized carbons (Fsp3) is 0.529. The molecule has 2 N–H and O–H groups in total. The number of hydrogen-bond acceptors (Lipinski definition) is 2. The van der Waals surface area contributed by atoms with Crippen LogP contribution in [0.1, 0.15) is 42.9 Å². The molecule has 1 amide bonds. The van der Waals surface area contributed by atoms with Crippen molar-refractivity contribution in [3.05, 3.63) is 34.9 Å². The van der Waals surface area contributed by atoms with E-state index >= 15 is 0 Å². The van der Waals surface area contributed by atoms with Crippen LogP contribution in [0.4, 0.5) is 0 Å². The zero-order valence-electron chi connectivity index (χ0n) is 12.5. The van der Waals surface area contributed by atoms with Crippen molar-refractivity contribution in [1.29, 1.82) is 0 Å². The minimum absolute atomic E-state index is 0.0101. The molecule has 1 unspecified atom stereocenters. The average Bonchev–Trinajstić information content (AvgIpc) is 2.90. The maximum absolute atomic E-state index is 11.9. The van der Waals surface area contributed by atoms with E-state index in [4.69, 9.17) is 5.11 Å². The van der Waals surface area contributed by atoms with Crippen LogP contribution in [-0.4, -0.2) is 23.5 Å². The van der Waals surface area contributed by atoms with Crippen LogP contribution in [0.5, 0.6) is 0 Å². The van der Waals surface area contributed by atoms with E-state index in [1.165, 1.54) is 17.5 Å². The van der Waals surface area contributed by atoms with Crippen molar-refractivity contribution >= 4 is 11.9 Å². The Balaban J connectivity index is 1.71. The van der Waals surface area contributed by atoms with Gasteiger partial charge >= 0.3 is 5.97 Å². The van der Waals surface area contributed by atoms with Crippen LogP contribution in [0.2, 0.25) is 0 Å². The number of carboxylic acid groups (broad SMARTS) is 1. The summed E-state index contributed by atoms with van der Waals surface area (Å²) < 4.78 is 0. The Bertz CT molecular complexity index is 525. The summed E-state index contributed by atoms with van der Waals surface area (Å²) in [4.78, 5) is 22.5. The zero-order chi connectivity index (χ0) is 15.2. The average molecular weight is 289 g/mol. The van der Waals surface area contributed by atoms with Crippen molar-refractivity contribution in [3.63, 3.8) is 0 Å². The van der Waals surface area contributed by atoms with Crippen LogP contribution in [0.15, 0.2) is 18.2 Å². The standard InChI is InChI=1S/C17H23NO3/c1-12(17(20)21)4-3-9-18-16(19)11-13-7-8-14-5-2-6-15(14)10-13/h7-8,10,12H,2-6,9,11H2,1H3,(H,18,19)(H,20,21). The second-order valence-corrected chi connectivity index (χ2v) is 5.86. The van der Waals surface area contributed by atoms with Crippen LogP contribution in [-0.2, 0) is 28.9 Å². The molecule has 4 nitrogen and oxygen atoms in total. The van der Waals surface area contributed by atoms with Crippen molar-refractivity contribution in [2.45, 2.75) is 45.4 Å². The molecule has 0 saturated heterocycles. The topological polar surface area (TPSA) is 66.4 Å². The lowest BCUT2D eigenvalue weighted by Gasteiger charge is -2.08. The third-order valence-electron chi connectivity index (χ3n) is 4.09. The highest BCUT2D eigenvalue weighted by atomic mass is 16.4. The van der Waals surface area contributed by atoms with Crippen LogP contribution < -0.4 is 5.32 Å². The second-order valence-electron chi connectivity index (χ2n) is 5.86.